The van der Waals surface area contributed by atoms with Crippen LogP contribution in [0.1, 0.15) is 245 Å². The monoisotopic (exact) mass is 865 g/mol. The molecule has 0 aliphatic rings. The number of esters is 3. The second kappa shape index (κ2) is 50.5. The average molecular weight is 865 g/mol. The normalized spacial score (nSPS) is 12.6. The van der Waals surface area contributed by atoms with Crippen LogP contribution in [-0.2, 0) is 28.6 Å². The lowest BCUT2D eigenvalue weighted by Crippen LogP contribution is -2.30. The molecule has 0 radical (unpaired) electrons. The molecular weight excluding hydrogens is 769 g/mol. The van der Waals surface area contributed by atoms with Crippen LogP contribution in [0.5, 0.6) is 0 Å². The molecule has 0 saturated heterocycles. The van der Waals surface area contributed by atoms with Gasteiger partial charge in [0.15, 0.2) is 6.10 Å². The van der Waals surface area contributed by atoms with E-state index < -0.39 is 6.10 Å². The van der Waals surface area contributed by atoms with Crippen LogP contribution in [0.2, 0.25) is 0 Å². The molecule has 0 aromatic heterocycles. The predicted octanol–water partition coefficient (Wildman–Crippen LogP) is 17.0. The summed E-state index contributed by atoms with van der Waals surface area (Å²) in [5.41, 5.74) is 0. The van der Waals surface area contributed by atoms with Crippen molar-refractivity contribution < 1.29 is 28.6 Å². The maximum absolute atomic E-state index is 12.8. The summed E-state index contributed by atoms with van der Waals surface area (Å²) in [7, 11) is 0. The largest absolute Gasteiger partial charge is 0.462 e. The Hall–Kier alpha value is -3.15. The zero-order valence-electron chi connectivity index (χ0n) is 40.6. The smallest absolute Gasteiger partial charge is 0.306 e. The van der Waals surface area contributed by atoms with E-state index in [-0.39, 0.29) is 31.1 Å². The van der Waals surface area contributed by atoms with Crippen LogP contribution in [0.4, 0.5) is 0 Å². The van der Waals surface area contributed by atoms with Gasteiger partial charge in [0.25, 0.3) is 0 Å². The SMILES string of the molecule is CCCCC\C=C/C=C\C=C/C=C\CCCCCCCC(=O)OCC(COC(=O)CCCCC/C=C\CCCCCCCC)OC(=O)CCCCC/C=C\CCCCCCCC. The summed E-state index contributed by atoms with van der Waals surface area (Å²) in [5, 5.41) is 0. The second-order valence-corrected chi connectivity index (χ2v) is 17.2. The van der Waals surface area contributed by atoms with Crippen LogP contribution < -0.4 is 0 Å². The fraction of sp³-hybridized carbons (Fsp3) is 0.732. The minimum absolute atomic E-state index is 0.0973. The molecule has 0 fully saturated rings. The van der Waals surface area contributed by atoms with E-state index in [0.717, 1.165) is 109 Å². The third-order valence-electron chi connectivity index (χ3n) is 11.0. The molecule has 0 bridgehead atoms. The summed E-state index contributed by atoms with van der Waals surface area (Å²) in [6.45, 7) is 6.54. The van der Waals surface area contributed by atoms with Gasteiger partial charge in [0.1, 0.15) is 13.2 Å². The van der Waals surface area contributed by atoms with Crippen molar-refractivity contribution in [2.75, 3.05) is 13.2 Å². The topological polar surface area (TPSA) is 78.9 Å². The van der Waals surface area contributed by atoms with Crippen molar-refractivity contribution in [3.05, 3.63) is 72.9 Å². The molecular formula is C56H96O6. The maximum Gasteiger partial charge on any atom is 0.306 e. The Kier molecular flexibility index (Phi) is 47.9. The van der Waals surface area contributed by atoms with Crippen molar-refractivity contribution in [2.24, 2.45) is 0 Å². The van der Waals surface area contributed by atoms with Crippen molar-refractivity contribution in [1.82, 2.24) is 0 Å². The van der Waals surface area contributed by atoms with Crippen molar-refractivity contribution >= 4 is 17.9 Å². The highest BCUT2D eigenvalue weighted by Gasteiger charge is 2.19. The molecule has 0 aromatic rings. The molecule has 0 aromatic carbocycles. The van der Waals surface area contributed by atoms with Crippen molar-refractivity contribution in [1.29, 1.82) is 0 Å². The van der Waals surface area contributed by atoms with Gasteiger partial charge in [-0.25, -0.2) is 0 Å². The van der Waals surface area contributed by atoms with Crippen molar-refractivity contribution in [3.8, 4) is 0 Å². The minimum atomic E-state index is -0.798. The Morgan fingerprint density at radius 2 is 0.597 bits per heavy atom. The van der Waals surface area contributed by atoms with Gasteiger partial charge in [-0.1, -0.05) is 203 Å². The van der Waals surface area contributed by atoms with Gasteiger partial charge >= 0.3 is 17.9 Å². The number of hydrogen-bond donors (Lipinski definition) is 0. The molecule has 1 atom stereocenters. The van der Waals surface area contributed by atoms with Crippen LogP contribution in [0.15, 0.2) is 72.9 Å². The van der Waals surface area contributed by atoms with Gasteiger partial charge in [-0.15, -0.1) is 0 Å². The first-order chi connectivity index (χ1) is 30.5. The maximum atomic E-state index is 12.8. The number of ether oxygens (including phenoxy) is 3. The van der Waals surface area contributed by atoms with Gasteiger partial charge in [-0.3, -0.25) is 14.4 Å². The summed E-state index contributed by atoms with van der Waals surface area (Å²) in [6.07, 6.45) is 63.1. The molecule has 0 aliphatic heterocycles. The minimum Gasteiger partial charge on any atom is -0.462 e. The lowest BCUT2D eigenvalue weighted by atomic mass is 10.1. The Labute approximate surface area is 382 Å². The fourth-order valence-corrected chi connectivity index (χ4v) is 7.03. The molecule has 62 heavy (non-hydrogen) atoms. The number of unbranched alkanes of at least 4 members (excludes halogenated alkanes) is 26. The van der Waals surface area contributed by atoms with Crippen LogP contribution in [0.25, 0.3) is 0 Å². The van der Waals surface area contributed by atoms with Gasteiger partial charge in [-0.2, -0.15) is 0 Å². The van der Waals surface area contributed by atoms with Crippen LogP contribution in [0.3, 0.4) is 0 Å². The number of carbonyl (C=O) groups excluding carboxylic acids is 3. The zero-order chi connectivity index (χ0) is 45.1. The van der Waals surface area contributed by atoms with Crippen molar-refractivity contribution in [3.63, 3.8) is 0 Å². The van der Waals surface area contributed by atoms with E-state index in [1.165, 1.54) is 96.3 Å². The van der Waals surface area contributed by atoms with Crippen LogP contribution in [0, 0.1) is 0 Å². The quantitative estimate of drug-likeness (QED) is 0.0199. The summed E-state index contributed by atoms with van der Waals surface area (Å²) >= 11 is 0. The molecule has 0 aliphatic carbocycles. The van der Waals surface area contributed by atoms with E-state index >= 15 is 0 Å². The second-order valence-electron chi connectivity index (χ2n) is 17.2. The molecule has 0 rings (SSSR count). The van der Waals surface area contributed by atoms with Crippen LogP contribution >= 0.6 is 0 Å². The number of rotatable bonds is 46. The summed E-state index contributed by atoms with van der Waals surface area (Å²) in [5.74, 6) is -0.950. The predicted molar refractivity (Wildman–Crippen MR) is 265 cm³/mol. The highest BCUT2D eigenvalue weighted by molar-refractivity contribution is 5.71. The van der Waals surface area contributed by atoms with Crippen molar-refractivity contribution in [2.45, 2.75) is 252 Å². The van der Waals surface area contributed by atoms with Gasteiger partial charge < -0.3 is 14.2 Å². The molecule has 6 nitrogen and oxygen atoms in total. The Morgan fingerprint density at radius 1 is 0.323 bits per heavy atom. The number of hydrogen-bond acceptors (Lipinski definition) is 6. The van der Waals surface area contributed by atoms with E-state index in [1.54, 1.807) is 0 Å². The standard InChI is InChI=1S/C56H96O6/c1-4-7-10-13-16-19-22-25-26-27-28-29-32-34-37-40-43-46-49-55(58)61-52-53(62-56(59)50-47-44-41-38-35-31-24-21-18-15-12-9-6-3)51-60-54(57)48-45-42-39-36-33-30-23-20-17-14-11-8-5-2/h16,19,22,25-31,33,35,53H,4-15,17-18,20-21,23-24,32,34,36-52H2,1-3H3/b19-16-,25-22-,27-26-,29-28-,33-30-,35-31-. The summed E-state index contributed by atoms with van der Waals surface area (Å²) < 4.78 is 16.7. The average Bonchev–Trinajstić information content (AvgIpc) is 3.27. The first kappa shape index (κ1) is 58.9. The molecule has 6 heteroatoms. The van der Waals surface area contributed by atoms with E-state index in [4.69, 9.17) is 14.2 Å². The first-order valence-electron chi connectivity index (χ1n) is 26.0. The van der Waals surface area contributed by atoms with Gasteiger partial charge in [0, 0.05) is 19.3 Å². The van der Waals surface area contributed by atoms with Gasteiger partial charge in [0.2, 0.25) is 0 Å². The molecule has 0 spiro atoms. The Balaban J connectivity index is 4.46. The summed E-state index contributed by atoms with van der Waals surface area (Å²) in [6, 6.07) is 0. The molecule has 356 valence electrons. The lowest BCUT2D eigenvalue weighted by Gasteiger charge is -2.18. The van der Waals surface area contributed by atoms with Gasteiger partial charge in [-0.05, 0) is 96.3 Å². The fourth-order valence-electron chi connectivity index (χ4n) is 7.03. The lowest BCUT2D eigenvalue weighted by molar-refractivity contribution is -0.167. The molecule has 0 N–H and O–H groups in total. The van der Waals surface area contributed by atoms with Crippen LogP contribution in [-0.4, -0.2) is 37.2 Å². The van der Waals surface area contributed by atoms with E-state index in [9.17, 15) is 14.4 Å². The number of carbonyl (C=O) groups is 3. The highest BCUT2D eigenvalue weighted by Crippen LogP contribution is 2.13. The third kappa shape index (κ3) is 47.9. The molecule has 0 saturated carbocycles. The Morgan fingerprint density at radius 3 is 1.00 bits per heavy atom. The molecule has 0 heterocycles. The van der Waals surface area contributed by atoms with E-state index in [0.29, 0.717) is 19.3 Å². The third-order valence-corrected chi connectivity index (χ3v) is 11.0. The van der Waals surface area contributed by atoms with E-state index in [2.05, 4.69) is 93.7 Å². The van der Waals surface area contributed by atoms with E-state index in [1.807, 2.05) is 0 Å². The molecule has 1 unspecified atom stereocenters. The number of allylic oxidation sites excluding steroid dienone is 12. The van der Waals surface area contributed by atoms with Gasteiger partial charge in [0.05, 0.1) is 0 Å². The first-order valence-corrected chi connectivity index (χ1v) is 26.0. The highest BCUT2D eigenvalue weighted by atomic mass is 16.6. The zero-order valence-corrected chi connectivity index (χ0v) is 40.6. The Bertz CT molecular complexity index is 1180. The molecule has 0 amide bonds. The summed E-state index contributed by atoms with van der Waals surface area (Å²) in [4.78, 5) is 37.9.